The average molecular weight is 396 g/mol. The van der Waals surface area contributed by atoms with Crippen molar-refractivity contribution in [3.63, 3.8) is 0 Å². The maximum absolute atomic E-state index is 6.25. The molecule has 1 unspecified atom stereocenters. The van der Waals surface area contributed by atoms with E-state index in [1.807, 2.05) is 12.1 Å². The van der Waals surface area contributed by atoms with E-state index in [9.17, 15) is 0 Å². The molecule has 0 heterocycles. The fraction of sp³-hybridized carbons (Fsp3) is 0.143. The van der Waals surface area contributed by atoms with Crippen LogP contribution >= 0.6 is 50.7 Å². The minimum absolute atomic E-state index is 0.403. The summed E-state index contributed by atoms with van der Waals surface area (Å²) in [4.78, 5) is 0. The Morgan fingerprint density at radius 2 is 1.75 bits per heavy atom. The third-order valence-electron chi connectivity index (χ3n) is 2.91. The molecule has 6 heteroatoms. The quantitative estimate of drug-likeness (QED) is 0.748. The Balaban J connectivity index is 2.45. The SMILES string of the molecule is COc1cc(Cl)c(C(N)c2ccc(Cl)c(Br)c2)cc1Cl. The standard InChI is InChI=1S/C14H11BrCl3NO/c1-20-13-6-11(17)8(5-12(13)18)14(19)7-2-3-10(16)9(15)4-7/h2-6,14H,19H2,1H3. The molecule has 0 bridgehead atoms. The van der Waals surface area contributed by atoms with Gasteiger partial charge in [-0.1, -0.05) is 40.9 Å². The summed E-state index contributed by atoms with van der Waals surface area (Å²) in [5.41, 5.74) is 7.86. The number of benzene rings is 2. The van der Waals surface area contributed by atoms with Crippen molar-refractivity contribution in [2.45, 2.75) is 6.04 Å². The van der Waals surface area contributed by atoms with E-state index < -0.39 is 6.04 Å². The second-order valence-corrected chi connectivity index (χ2v) is 6.24. The summed E-state index contributed by atoms with van der Waals surface area (Å²) in [5.74, 6) is 0.518. The van der Waals surface area contributed by atoms with Crippen molar-refractivity contribution in [3.05, 3.63) is 61.0 Å². The van der Waals surface area contributed by atoms with E-state index >= 15 is 0 Å². The molecule has 0 aliphatic heterocycles. The summed E-state index contributed by atoms with van der Waals surface area (Å²) >= 11 is 21.7. The van der Waals surface area contributed by atoms with Crippen LogP contribution in [0.15, 0.2) is 34.8 Å². The summed E-state index contributed by atoms with van der Waals surface area (Å²) < 4.78 is 5.90. The van der Waals surface area contributed by atoms with E-state index in [1.165, 1.54) is 7.11 Å². The lowest BCUT2D eigenvalue weighted by Gasteiger charge is -2.16. The third kappa shape index (κ3) is 3.23. The summed E-state index contributed by atoms with van der Waals surface area (Å²) in [5, 5.41) is 1.60. The Hall–Kier alpha value is -0.450. The molecule has 2 aromatic rings. The van der Waals surface area contributed by atoms with Gasteiger partial charge in [0.1, 0.15) is 5.75 Å². The van der Waals surface area contributed by atoms with Crippen LogP contribution < -0.4 is 10.5 Å². The number of hydrogen-bond donors (Lipinski definition) is 1. The monoisotopic (exact) mass is 393 g/mol. The van der Waals surface area contributed by atoms with E-state index in [2.05, 4.69) is 15.9 Å². The molecule has 0 amide bonds. The average Bonchev–Trinajstić information content (AvgIpc) is 2.43. The first-order chi connectivity index (χ1) is 9.43. The van der Waals surface area contributed by atoms with Gasteiger partial charge in [0.05, 0.1) is 23.2 Å². The summed E-state index contributed by atoms with van der Waals surface area (Å²) in [7, 11) is 1.54. The molecule has 0 saturated carbocycles. The molecule has 0 aromatic heterocycles. The van der Waals surface area contributed by atoms with Crippen molar-refractivity contribution in [2.75, 3.05) is 7.11 Å². The number of hydrogen-bond acceptors (Lipinski definition) is 2. The molecule has 2 aromatic carbocycles. The van der Waals surface area contributed by atoms with Gasteiger partial charge in [0.2, 0.25) is 0 Å². The van der Waals surface area contributed by atoms with Crippen molar-refractivity contribution in [3.8, 4) is 5.75 Å². The van der Waals surface area contributed by atoms with E-state index in [-0.39, 0.29) is 0 Å². The lowest BCUT2D eigenvalue weighted by atomic mass is 9.99. The first-order valence-corrected chi connectivity index (χ1v) is 7.60. The molecule has 0 radical (unpaired) electrons. The van der Waals surface area contributed by atoms with Crippen LogP contribution in [0.4, 0.5) is 0 Å². The minimum Gasteiger partial charge on any atom is -0.495 e. The predicted molar refractivity (Wildman–Crippen MR) is 88.2 cm³/mol. The first-order valence-electron chi connectivity index (χ1n) is 5.67. The normalized spacial score (nSPS) is 12.3. The highest BCUT2D eigenvalue weighted by Crippen LogP contribution is 2.36. The van der Waals surface area contributed by atoms with Crippen molar-refractivity contribution < 1.29 is 4.74 Å². The van der Waals surface area contributed by atoms with Gasteiger partial charge in [-0.15, -0.1) is 0 Å². The van der Waals surface area contributed by atoms with Gasteiger partial charge < -0.3 is 10.5 Å². The number of halogens is 4. The summed E-state index contributed by atoms with van der Waals surface area (Å²) in [6, 6.07) is 8.47. The fourth-order valence-electron chi connectivity index (χ4n) is 1.82. The maximum Gasteiger partial charge on any atom is 0.138 e. The molecule has 2 rings (SSSR count). The fourth-order valence-corrected chi connectivity index (χ4v) is 2.86. The van der Waals surface area contributed by atoms with Gasteiger partial charge in [0.15, 0.2) is 0 Å². The van der Waals surface area contributed by atoms with Gasteiger partial charge in [-0.25, -0.2) is 0 Å². The van der Waals surface area contributed by atoms with Crippen LogP contribution in [0.5, 0.6) is 5.75 Å². The highest BCUT2D eigenvalue weighted by molar-refractivity contribution is 9.10. The van der Waals surface area contributed by atoms with Crippen molar-refractivity contribution in [2.24, 2.45) is 5.73 Å². The van der Waals surface area contributed by atoms with E-state index in [1.54, 1.807) is 18.2 Å². The van der Waals surface area contributed by atoms with Crippen LogP contribution in [0.3, 0.4) is 0 Å². The number of methoxy groups -OCH3 is 1. The van der Waals surface area contributed by atoms with E-state index in [0.29, 0.717) is 20.8 Å². The lowest BCUT2D eigenvalue weighted by molar-refractivity contribution is 0.415. The largest absolute Gasteiger partial charge is 0.495 e. The Bertz CT molecular complexity index is 649. The number of rotatable bonds is 3. The molecule has 0 spiro atoms. The molecule has 0 fully saturated rings. The van der Waals surface area contributed by atoms with Crippen LogP contribution in [-0.2, 0) is 0 Å². The van der Waals surface area contributed by atoms with Gasteiger partial charge >= 0.3 is 0 Å². The molecular weight excluding hydrogens is 384 g/mol. The van der Waals surface area contributed by atoms with Crippen LogP contribution in [0.25, 0.3) is 0 Å². The van der Waals surface area contributed by atoms with E-state index in [4.69, 9.17) is 45.3 Å². The summed E-state index contributed by atoms with van der Waals surface area (Å²) in [6.07, 6.45) is 0. The minimum atomic E-state index is -0.403. The Morgan fingerprint density at radius 1 is 1.05 bits per heavy atom. The molecular formula is C14H11BrCl3NO. The molecule has 0 saturated heterocycles. The maximum atomic E-state index is 6.25. The smallest absolute Gasteiger partial charge is 0.138 e. The molecule has 2 nitrogen and oxygen atoms in total. The third-order valence-corrected chi connectivity index (χ3v) is 4.75. The Kier molecular flexibility index (Phi) is 5.21. The molecule has 1 atom stereocenters. The zero-order valence-electron chi connectivity index (χ0n) is 10.5. The predicted octanol–water partition coefficient (Wildman–Crippen LogP) is 5.47. The van der Waals surface area contributed by atoms with Gasteiger partial charge in [0.25, 0.3) is 0 Å². The van der Waals surface area contributed by atoms with Crippen molar-refractivity contribution in [1.29, 1.82) is 0 Å². The van der Waals surface area contributed by atoms with Crippen molar-refractivity contribution in [1.82, 2.24) is 0 Å². The lowest BCUT2D eigenvalue weighted by Crippen LogP contribution is -2.12. The summed E-state index contributed by atoms with van der Waals surface area (Å²) in [6.45, 7) is 0. The molecule has 0 aliphatic carbocycles. The highest BCUT2D eigenvalue weighted by Gasteiger charge is 2.16. The zero-order valence-corrected chi connectivity index (χ0v) is 14.3. The number of ether oxygens (including phenoxy) is 1. The van der Waals surface area contributed by atoms with Gasteiger partial charge in [-0.3, -0.25) is 0 Å². The Morgan fingerprint density at radius 3 is 2.35 bits per heavy atom. The second kappa shape index (κ2) is 6.54. The van der Waals surface area contributed by atoms with Gasteiger partial charge in [0, 0.05) is 15.6 Å². The first kappa shape index (κ1) is 15.9. The molecule has 0 aliphatic rings. The van der Waals surface area contributed by atoms with Gasteiger partial charge in [-0.2, -0.15) is 0 Å². The van der Waals surface area contributed by atoms with Crippen molar-refractivity contribution >= 4 is 50.7 Å². The van der Waals surface area contributed by atoms with Crippen LogP contribution in [0.2, 0.25) is 15.1 Å². The van der Waals surface area contributed by atoms with Crippen LogP contribution in [0, 0.1) is 0 Å². The van der Waals surface area contributed by atoms with Crippen LogP contribution in [0.1, 0.15) is 17.2 Å². The van der Waals surface area contributed by atoms with Crippen LogP contribution in [-0.4, -0.2) is 7.11 Å². The van der Waals surface area contributed by atoms with E-state index in [0.717, 1.165) is 15.6 Å². The highest BCUT2D eigenvalue weighted by atomic mass is 79.9. The molecule has 20 heavy (non-hydrogen) atoms. The molecule has 106 valence electrons. The Labute approximate surface area is 140 Å². The zero-order chi connectivity index (χ0) is 14.9. The molecule has 2 N–H and O–H groups in total. The second-order valence-electron chi connectivity index (χ2n) is 4.16. The topological polar surface area (TPSA) is 35.2 Å². The number of nitrogens with two attached hydrogens (primary N) is 1. The van der Waals surface area contributed by atoms with Gasteiger partial charge in [-0.05, 0) is 45.3 Å².